The Bertz CT molecular complexity index is 834. The lowest BCUT2D eigenvalue weighted by Gasteiger charge is -2.08. The first-order valence-electron chi connectivity index (χ1n) is 6.21. The highest BCUT2D eigenvalue weighted by molar-refractivity contribution is 7.13. The highest BCUT2D eigenvalue weighted by atomic mass is 32.1. The van der Waals surface area contributed by atoms with Gasteiger partial charge in [-0.05, 0) is 29.1 Å². The second-order valence-electron chi connectivity index (χ2n) is 4.51. The van der Waals surface area contributed by atoms with Crippen molar-refractivity contribution >= 4 is 11.3 Å². The molecule has 0 saturated carbocycles. The van der Waals surface area contributed by atoms with Crippen LogP contribution in [0.1, 0.15) is 11.1 Å². The molecule has 0 aliphatic rings. The summed E-state index contributed by atoms with van der Waals surface area (Å²) in [5.74, 6) is -0.548. The fraction of sp³-hybridized carbons (Fsp3) is 0.143. The van der Waals surface area contributed by atoms with Crippen LogP contribution >= 0.6 is 11.3 Å². The van der Waals surface area contributed by atoms with Gasteiger partial charge in [0.1, 0.15) is 0 Å². The zero-order valence-electron chi connectivity index (χ0n) is 11.0. The zero-order chi connectivity index (χ0) is 15.7. The van der Waals surface area contributed by atoms with E-state index < -0.39 is 17.5 Å². The third kappa shape index (κ3) is 2.96. The number of thiophene rings is 1. The molecule has 3 aromatic rings. The van der Waals surface area contributed by atoms with E-state index in [-0.39, 0.29) is 12.4 Å². The minimum Gasteiger partial charge on any atom is -0.387 e. The number of nitrogens with zero attached hydrogens (tertiary/aromatic N) is 2. The predicted octanol–water partition coefficient (Wildman–Crippen LogP) is 3.63. The fourth-order valence-corrected chi connectivity index (χ4v) is 2.57. The van der Waals surface area contributed by atoms with Crippen LogP contribution < -0.4 is 5.76 Å². The molecule has 3 rings (SSSR count). The van der Waals surface area contributed by atoms with Gasteiger partial charge in [-0.25, -0.2) is 4.79 Å². The summed E-state index contributed by atoms with van der Waals surface area (Å²) in [4.78, 5) is 12.4. The van der Waals surface area contributed by atoms with Gasteiger partial charge >= 0.3 is 11.9 Å². The van der Waals surface area contributed by atoms with Gasteiger partial charge < -0.3 is 4.42 Å². The van der Waals surface area contributed by atoms with Crippen LogP contribution in [0.15, 0.2) is 51.0 Å². The third-order valence-electron chi connectivity index (χ3n) is 2.92. The second-order valence-corrected chi connectivity index (χ2v) is 5.45. The topological polar surface area (TPSA) is 48.0 Å². The van der Waals surface area contributed by atoms with Gasteiger partial charge in [-0.1, -0.05) is 18.2 Å². The van der Waals surface area contributed by atoms with Crippen molar-refractivity contribution in [1.29, 1.82) is 0 Å². The first-order chi connectivity index (χ1) is 10.4. The van der Waals surface area contributed by atoms with Gasteiger partial charge in [0.25, 0.3) is 5.89 Å². The lowest BCUT2D eigenvalue weighted by Crippen LogP contribution is -2.17. The van der Waals surface area contributed by atoms with Gasteiger partial charge in [0, 0.05) is 0 Å². The summed E-state index contributed by atoms with van der Waals surface area (Å²) in [6, 6.07) is 8.29. The largest absolute Gasteiger partial charge is 0.437 e. The summed E-state index contributed by atoms with van der Waals surface area (Å²) in [6.45, 7) is -0.0857. The summed E-state index contributed by atoms with van der Waals surface area (Å²) in [6.07, 6.45) is -4.42. The minimum absolute atomic E-state index is 0.0857. The fourth-order valence-electron chi connectivity index (χ4n) is 1.92. The van der Waals surface area contributed by atoms with Crippen molar-refractivity contribution in [2.24, 2.45) is 0 Å². The summed E-state index contributed by atoms with van der Waals surface area (Å²) in [5.41, 5.74) is -0.442. The maximum Gasteiger partial charge on any atom is 0.437 e. The molecule has 0 fully saturated rings. The number of hydrogen-bond acceptors (Lipinski definition) is 4. The average Bonchev–Trinajstić information content (AvgIpc) is 3.09. The molecular formula is C14H9F3N2O2S. The molecule has 0 unspecified atom stereocenters. The maximum atomic E-state index is 12.7. The number of hydrogen-bond donors (Lipinski definition) is 0. The van der Waals surface area contributed by atoms with Crippen LogP contribution in [0.3, 0.4) is 0 Å². The highest BCUT2D eigenvalue weighted by Crippen LogP contribution is 2.29. The Labute approximate surface area is 126 Å². The molecular weight excluding hydrogens is 317 g/mol. The number of rotatable bonds is 3. The lowest BCUT2D eigenvalue weighted by atomic mass is 10.1. The van der Waals surface area contributed by atoms with Crippen molar-refractivity contribution in [2.75, 3.05) is 0 Å². The summed E-state index contributed by atoms with van der Waals surface area (Å²) < 4.78 is 44.0. The Hall–Kier alpha value is -2.35. The Morgan fingerprint density at radius 3 is 2.73 bits per heavy atom. The molecule has 0 N–H and O–H groups in total. The van der Waals surface area contributed by atoms with Crippen molar-refractivity contribution in [3.63, 3.8) is 0 Å². The molecule has 2 heterocycles. The number of halogens is 3. The molecule has 0 spiro atoms. The van der Waals surface area contributed by atoms with E-state index in [1.807, 2.05) is 0 Å². The summed E-state index contributed by atoms with van der Waals surface area (Å²) in [7, 11) is 0. The average molecular weight is 326 g/mol. The van der Waals surface area contributed by atoms with Crippen molar-refractivity contribution < 1.29 is 17.6 Å². The van der Waals surface area contributed by atoms with Crippen LogP contribution in [0.2, 0.25) is 0 Å². The highest BCUT2D eigenvalue weighted by Gasteiger charge is 2.30. The first kappa shape index (κ1) is 14.6. The Morgan fingerprint density at radius 1 is 1.23 bits per heavy atom. The van der Waals surface area contributed by atoms with E-state index >= 15 is 0 Å². The molecule has 0 aliphatic heterocycles. The van der Waals surface area contributed by atoms with Gasteiger partial charge in [-0.15, -0.1) is 16.4 Å². The predicted molar refractivity (Wildman–Crippen MR) is 74.6 cm³/mol. The van der Waals surface area contributed by atoms with E-state index in [4.69, 9.17) is 4.42 Å². The molecule has 114 valence electrons. The summed E-state index contributed by atoms with van der Waals surface area (Å²) in [5, 5.41) is 5.81. The van der Waals surface area contributed by atoms with Gasteiger partial charge in [-0.2, -0.15) is 17.9 Å². The van der Waals surface area contributed by atoms with E-state index in [9.17, 15) is 18.0 Å². The molecule has 22 heavy (non-hydrogen) atoms. The molecule has 4 nitrogen and oxygen atoms in total. The van der Waals surface area contributed by atoms with Gasteiger partial charge in [0.2, 0.25) is 0 Å². The smallest absolute Gasteiger partial charge is 0.387 e. The van der Waals surface area contributed by atoms with Crippen molar-refractivity contribution in [2.45, 2.75) is 12.7 Å². The van der Waals surface area contributed by atoms with Gasteiger partial charge in [0.15, 0.2) is 0 Å². The number of benzene rings is 1. The van der Waals surface area contributed by atoms with Crippen molar-refractivity contribution in [3.8, 4) is 10.8 Å². The molecule has 2 aromatic heterocycles. The van der Waals surface area contributed by atoms with Crippen LogP contribution in [-0.2, 0) is 12.7 Å². The van der Waals surface area contributed by atoms with Crippen LogP contribution in [0.25, 0.3) is 10.8 Å². The quantitative estimate of drug-likeness (QED) is 0.738. The second kappa shape index (κ2) is 5.45. The monoisotopic (exact) mass is 326 g/mol. The van der Waals surface area contributed by atoms with Crippen molar-refractivity contribution in [1.82, 2.24) is 9.78 Å². The van der Waals surface area contributed by atoms with Crippen LogP contribution in [0, 0.1) is 0 Å². The van der Waals surface area contributed by atoms with Crippen LogP contribution in [0.5, 0.6) is 0 Å². The molecule has 0 aliphatic carbocycles. The van der Waals surface area contributed by atoms with E-state index in [2.05, 4.69) is 5.10 Å². The Morgan fingerprint density at radius 2 is 2.05 bits per heavy atom. The third-order valence-corrected chi connectivity index (χ3v) is 3.78. The molecule has 8 heteroatoms. The van der Waals surface area contributed by atoms with Gasteiger partial charge in [-0.3, -0.25) is 0 Å². The molecule has 0 radical (unpaired) electrons. The number of aromatic nitrogens is 2. The summed E-state index contributed by atoms with van der Waals surface area (Å²) >= 11 is 1.35. The van der Waals surface area contributed by atoms with E-state index in [1.54, 1.807) is 17.5 Å². The Kier molecular flexibility index (Phi) is 3.61. The van der Waals surface area contributed by atoms with E-state index in [1.165, 1.54) is 23.5 Å². The lowest BCUT2D eigenvalue weighted by molar-refractivity contribution is -0.137. The minimum atomic E-state index is -4.42. The molecule has 0 saturated heterocycles. The molecule has 0 bridgehead atoms. The van der Waals surface area contributed by atoms with Crippen LogP contribution in [-0.4, -0.2) is 9.78 Å². The van der Waals surface area contributed by atoms with Crippen molar-refractivity contribution in [3.05, 3.63) is 63.5 Å². The zero-order valence-corrected chi connectivity index (χ0v) is 11.8. The van der Waals surface area contributed by atoms with Gasteiger partial charge in [0.05, 0.1) is 17.0 Å². The standard InChI is InChI=1S/C14H9F3N2O2S/c15-14(16,17)10-4-1-3-9(7-10)8-19-13(20)21-12(18-19)11-5-2-6-22-11/h1-7H,8H2. The molecule has 1 aromatic carbocycles. The van der Waals surface area contributed by atoms with E-state index in [0.29, 0.717) is 10.4 Å². The molecule has 0 amide bonds. The Balaban J connectivity index is 1.90. The van der Waals surface area contributed by atoms with E-state index in [0.717, 1.165) is 16.8 Å². The maximum absolute atomic E-state index is 12.7. The molecule has 0 atom stereocenters. The number of alkyl halides is 3. The SMILES string of the molecule is O=c1oc(-c2cccs2)nn1Cc1cccc(C(F)(F)F)c1. The first-order valence-corrected chi connectivity index (χ1v) is 7.09. The van der Waals surface area contributed by atoms with Crippen LogP contribution in [0.4, 0.5) is 13.2 Å². The normalized spacial score (nSPS) is 11.8.